The van der Waals surface area contributed by atoms with Crippen molar-refractivity contribution >= 4 is 40.9 Å². The highest BCUT2D eigenvalue weighted by Crippen LogP contribution is 2.41. The smallest absolute Gasteiger partial charge is 0.234 e. The van der Waals surface area contributed by atoms with Crippen molar-refractivity contribution in [2.45, 2.75) is 56.6 Å². The van der Waals surface area contributed by atoms with Crippen LogP contribution in [0.25, 0.3) is 0 Å². The number of thioether (sulfide) groups is 1. The predicted octanol–water partition coefficient (Wildman–Crippen LogP) is 3.71. The number of hydrogen-bond acceptors (Lipinski definition) is 6. The second-order valence-electron chi connectivity index (χ2n) is 9.09. The number of carbonyl (C=O) groups is 2. The summed E-state index contributed by atoms with van der Waals surface area (Å²) in [7, 11) is 0. The molecule has 1 N–H and O–H groups in total. The van der Waals surface area contributed by atoms with E-state index in [2.05, 4.69) is 31.9 Å². The monoisotopic (exact) mass is 454 g/mol. The molecule has 9 heteroatoms. The van der Waals surface area contributed by atoms with Crippen molar-refractivity contribution < 1.29 is 9.59 Å². The molecule has 8 nitrogen and oxygen atoms in total. The van der Waals surface area contributed by atoms with Gasteiger partial charge in [-0.15, -0.1) is 10.2 Å². The largest absolute Gasteiger partial charge is 0.341 e. The average Bonchev–Trinajstić information content (AvgIpc) is 3.40. The third-order valence-corrected chi connectivity index (χ3v) is 7.44. The Bertz CT molecular complexity index is 979. The predicted molar refractivity (Wildman–Crippen MR) is 126 cm³/mol. The first-order valence-corrected chi connectivity index (χ1v) is 12.6. The molecule has 170 valence electrons. The summed E-state index contributed by atoms with van der Waals surface area (Å²) in [5, 5.41) is 12.7. The molecule has 0 spiro atoms. The van der Waals surface area contributed by atoms with E-state index in [4.69, 9.17) is 0 Å². The highest BCUT2D eigenvalue weighted by Gasteiger charge is 2.32. The van der Waals surface area contributed by atoms with E-state index in [0.29, 0.717) is 12.5 Å². The molecule has 3 fully saturated rings. The molecule has 32 heavy (non-hydrogen) atoms. The van der Waals surface area contributed by atoms with Crippen molar-refractivity contribution in [3.63, 3.8) is 0 Å². The van der Waals surface area contributed by atoms with Gasteiger partial charge in [-0.1, -0.05) is 18.7 Å². The van der Waals surface area contributed by atoms with Crippen molar-refractivity contribution in [1.82, 2.24) is 14.8 Å². The molecule has 0 atom stereocenters. The van der Waals surface area contributed by atoms with Crippen LogP contribution in [0, 0.1) is 5.92 Å². The lowest BCUT2D eigenvalue weighted by atomic mass is 10.00. The fraction of sp³-hybridized carbons (Fsp3) is 0.565. The zero-order valence-electron chi connectivity index (χ0n) is 18.5. The van der Waals surface area contributed by atoms with Gasteiger partial charge in [0, 0.05) is 43.5 Å². The summed E-state index contributed by atoms with van der Waals surface area (Å²) in [4.78, 5) is 28.6. The van der Waals surface area contributed by atoms with E-state index in [1.807, 2.05) is 24.3 Å². The van der Waals surface area contributed by atoms with Crippen LogP contribution in [0.4, 0.5) is 17.3 Å². The van der Waals surface area contributed by atoms with Crippen molar-refractivity contribution in [1.29, 1.82) is 0 Å². The number of rotatable bonds is 7. The summed E-state index contributed by atoms with van der Waals surface area (Å²) in [6.45, 7) is 5.12. The number of anilines is 3. The summed E-state index contributed by atoms with van der Waals surface area (Å²) in [6, 6.07) is 7.95. The molecule has 3 aliphatic rings. The fourth-order valence-electron chi connectivity index (χ4n) is 4.42. The highest BCUT2D eigenvalue weighted by atomic mass is 32.2. The molecule has 0 bridgehead atoms. The third kappa shape index (κ3) is 4.62. The van der Waals surface area contributed by atoms with Crippen LogP contribution in [-0.4, -0.2) is 52.0 Å². The first-order chi connectivity index (χ1) is 15.6. The normalized spacial score (nSPS) is 19.6. The van der Waals surface area contributed by atoms with Gasteiger partial charge in [-0.3, -0.25) is 14.2 Å². The molecule has 1 aliphatic carbocycles. The van der Waals surface area contributed by atoms with Crippen LogP contribution in [0.3, 0.4) is 0 Å². The molecule has 2 aliphatic heterocycles. The maximum Gasteiger partial charge on any atom is 0.234 e. The van der Waals surface area contributed by atoms with Crippen molar-refractivity contribution in [2.75, 3.05) is 40.5 Å². The van der Waals surface area contributed by atoms with Gasteiger partial charge in [-0.25, -0.2) is 0 Å². The van der Waals surface area contributed by atoms with E-state index < -0.39 is 0 Å². The molecular weight excluding hydrogens is 424 g/mol. The molecule has 0 radical (unpaired) electrons. The number of nitrogens with zero attached hydrogens (tertiary/aromatic N) is 5. The zero-order chi connectivity index (χ0) is 22.1. The molecule has 0 unspecified atom stereocenters. The van der Waals surface area contributed by atoms with Gasteiger partial charge in [0.1, 0.15) is 0 Å². The molecule has 1 aromatic carbocycles. The Morgan fingerprint density at radius 2 is 1.84 bits per heavy atom. The van der Waals surface area contributed by atoms with Crippen LogP contribution in [-0.2, 0) is 9.59 Å². The SMILES string of the molecule is CC1CCN(c2nnc(SCC(=O)Nc3ccc(N4CCCC4=O)cc3)n2C2CC2)CC1. The fourth-order valence-corrected chi connectivity index (χ4v) is 5.22. The van der Waals surface area contributed by atoms with Gasteiger partial charge in [0.2, 0.25) is 17.8 Å². The minimum absolute atomic E-state index is 0.0707. The van der Waals surface area contributed by atoms with E-state index in [0.717, 1.165) is 67.3 Å². The lowest BCUT2D eigenvalue weighted by Gasteiger charge is -2.31. The molecule has 2 aromatic rings. The van der Waals surface area contributed by atoms with Crippen molar-refractivity contribution in [3.05, 3.63) is 24.3 Å². The van der Waals surface area contributed by atoms with Gasteiger partial charge < -0.3 is 15.1 Å². The van der Waals surface area contributed by atoms with Crippen molar-refractivity contribution in [2.24, 2.45) is 5.92 Å². The Morgan fingerprint density at radius 1 is 1.09 bits per heavy atom. The zero-order valence-corrected chi connectivity index (χ0v) is 19.3. The van der Waals surface area contributed by atoms with Gasteiger partial charge in [0.25, 0.3) is 0 Å². The molecule has 1 saturated carbocycles. The molecular formula is C23H30N6O2S. The van der Waals surface area contributed by atoms with Crippen LogP contribution >= 0.6 is 11.8 Å². The number of hydrogen-bond donors (Lipinski definition) is 1. The Morgan fingerprint density at radius 3 is 2.50 bits per heavy atom. The van der Waals surface area contributed by atoms with Crippen LogP contribution in [0.5, 0.6) is 0 Å². The number of amides is 2. The first-order valence-electron chi connectivity index (χ1n) is 11.6. The molecule has 3 heterocycles. The van der Waals surface area contributed by atoms with E-state index in [1.54, 1.807) is 4.90 Å². The van der Waals surface area contributed by atoms with Crippen LogP contribution in [0.15, 0.2) is 29.4 Å². The standard InChI is InChI=1S/C23H30N6O2S/c1-16-10-13-27(14-11-16)22-25-26-23(29(22)19-8-9-19)32-15-20(30)24-17-4-6-18(7-5-17)28-12-2-3-21(28)31/h4-7,16,19H,2-3,8-15H2,1H3,(H,24,30). The molecule has 5 rings (SSSR count). The summed E-state index contributed by atoms with van der Waals surface area (Å²) in [5.74, 6) is 2.12. The number of nitrogens with one attached hydrogen (secondary N) is 1. The van der Waals surface area contributed by atoms with Crippen LogP contribution in [0.2, 0.25) is 0 Å². The third-order valence-electron chi connectivity index (χ3n) is 6.49. The summed E-state index contributed by atoms with van der Waals surface area (Å²) in [5.41, 5.74) is 1.62. The van der Waals surface area contributed by atoms with Gasteiger partial charge in [0.05, 0.1) is 5.75 Å². The summed E-state index contributed by atoms with van der Waals surface area (Å²) >= 11 is 1.45. The minimum atomic E-state index is -0.0707. The van der Waals surface area contributed by atoms with E-state index >= 15 is 0 Å². The topological polar surface area (TPSA) is 83.4 Å². The molecule has 1 aromatic heterocycles. The van der Waals surface area contributed by atoms with Crippen LogP contribution in [0.1, 0.15) is 51.5 Å². The highest BCUT2D eigenvalue weighted by molar-refractivity contribution is 7.99. The average molecular weight is 455 g/mol. The molecule has 2 amide bonds. The number of piperidine rings is 1. The van der Waals surface area contributed by atoms with Gasteiger partial charge in [-0.2, -0.15) is 0 Å². The quantitative estimate of drug-likeness (QED) is 0.642. The van der Waals surface area contributed by atoms with Crippen molar-refractivity contribution in [3.8, 4) is 0 Å². The van der Waals surface area contributed by atoms with Gasteiger partial charge in [0.15, 0.2) is 5.16 Å². The number of benzene rings is 1. The second kappa shape index (κ2) is 9.13. The Kier molecular flexibility index (Phi) is 6.08. The number of aromatic nitrogens is 3. The van der Waals surface area contributed by atoms with E-state index in [1.165, 1.54) is 24.6 Å². The minimum Gasteiger partial charge on any atom is -0.341 e. The van der Waals surface area contributed by atoms with Gasteiger partial charge in [-0.05, 0) is 62.3 Å². The van der Waals surface area contributed by atoms with E-state index in [-0.39, 0.29) is 17.6 Å². The Labute approximate surface area is 192 Å². The molecule has 2 saturated heterocycles. The second-order valence-corrected chi connectivity index (χ2v) is 10.0. The maximum absolute atomic E-state index is 12.6. The van der Waals surface area contributed by atoms with Gasteiger partial charge >= 0.3 is 0 Å². The Balaban J connectivity index is 1.19. The number of carbonyl (C=O) groups excluding carboxylic acids is 2. The lowest BCUT2D eigenvalue weighted by molar-refractivity contribution is -0.117. The summed E-state index contributed by atoms with van der Waals surface area (Å²) < 4.78 is 2.25. The lowest BCUT2D eigenvalue weighted by Crippen LogP contribution is -2.34. The maximum atomic E-state index is 12.6. The first kappa shape index (κ1) is 21.3. The summed E-state index contributed by atoms with van der Waals surface area (Å²) in [6.07, 6.45) is 6.19. The van der Waals surface area contributed by atoms with E-state index in [9.17, 15) is 9.59 Å². The Hall–Kier alpha value is -2.55. The van der Waals surface area contributed by atoms with Crippen LogP contribution < -0.4 is 15.1 Å².